The van der Waals surface area contributed by atoms with E-state index in [0.29, 0.717) is 21.9 Å². The topological polar surface area (TPSA) is 68.5 Å². The third-order valence-electron chi connectivity index (χ3n) is 9.41. The molecular weight excluding hydrogens is 496 g/mol. The Labute approximate surface area is 231 Å². The predicted octanol–water partition coefficient (Wildman–Crippen LogP) is 5.53. The fraction of sp³-hybridized carbons (Fsp3) is 0.633. The molecule has 0 radical (unpaired) electrons. The molecule has 4 fully saturated rings. The summed E-state index contributed by atoms with van der Waals surface area (Å²) in [7, 11) is 0. The molecule has 202 valence electrons. The van der Waals surface area contributed by atoms with Crippen LogP contribution < -0.4 is 14.5 Å². The molecule has 1 aliphatic carbocycles. The van der Waals surface area contributed by atoms with Gasteiger partial charge in [-0.15, -0.1) is 10.2 Å². The number of ether oxygens (including phenoxy) is 1. The zero-order valence-electron chi connectivity index (χ0n) is 22.3. The van der Waals surface area contributed by atoms with Crippen LogP contribution in [0.4, 0.5) is 11.5 Å². The van der Waals surface area contributed by atoms with E-state index < -0.39 is 0 Å². The Kier molecular flexibility index (Phi) is 7.63. The molecular formula is C30H39ClN6O. The number of halogens is 1. The van der Waals surface area contributed by atoms with E-state index in [1.165, 1.54) is 45.1 Å². The molecule has 1 aromatic carbocycles. The number of nitriles is 1. The van der Waals surface area contributed by atoms with Crippen molar-refractivity contribution in [1.82, 2.24) is 15.1 Å². The highest BCUT2D eigenvalue weighted by molar-refractivity contribution is 6.32. The Morgan fingerprint density at radius 3 is 2.45 bits per heavy atom. The fourth-order valence-corrected chi connectivity index (χ4v) is 7.29. The number of benzene rings is 1. The maximum Gasteiger partial charge on any atom is 0.233 e. The van der Waals surface area contributed by atoms with Crippen molar-refractivity contribution in [3.8, 4) is 11.9 Å². The first kappa shape index (κ1) is 25.7. The number of likely N-dealkylation sites (tertiary alicyclic amines) is 1. The van der Waals surface area contributed by atoms with Gasteiger partial charge in [-0.1, -0.05) is 30.9 Å². The van der Waals surface area contributed by atoms with E-state index in [1.54, 1.807) is 0 Å². The van der Waals surface area contributed by atoms with Crippen LogP contribution in [0.25, 0.3) is 0 Å². The van der Waals surface area contributed by atoms with Crippen molar-refractivity contribution in [2.24, 2.45) is 11.3 Å². The maximum atomic E-state index is 9.16. The van der Waals surface area contributed by atoms with Crippen molar-refractivity contribution in [3.05, 3.63) is 40.9 Å². The Morgan fingerprint density at radius 2 is 1.74 bits per heavy atom. The maximum absolute atomic E-state index is 9.16. The zero-order valence-corrected chi connectivity index (χ0v) is 23.1. The van der Waals surface area contributed by atoms with Gasteiger partial charge in [-0.25, -0.2) is 0 Å². The third kappa shape index (κ3) is 5.72. The van der Waals surface area contributed by atoms with E-state index in [0.717, 1.165) is 76.0 Å². The summed E-state index contributed by atoms with van der Waals surface area (Å²) in [5, 5.41) is 18.7. The van der Waals surface area contributed by atoms with Crippen LogP contribution in [0, 0.1) is 22.7 Å². The van der Waals surface area contributed by atoms with Crippen LogP contribution in [0.3, 0.4) is 0 Å². The summed E-state index contributed by atoms with van der Waals surface area (Å²) in [6.45, 7) is 7.46. The molecule has 0 N–H and O–H groups in total. The molecule has 0 amide bonds. The number of anilines is 2. The van der Waals surface area contributed by atoms with Crippen molar-refractivity contribution in [1.29, 1.82) is 5.26 Å². The SMILES string of the molecule is N#Cc1ccc(N2CCC3(CCN(c4ccc(OC5CCN(CC6CCCCC6)C5)nn4)CC3)C2)cc1Cl. The van der Waals surface area contributed by atoms with Crippen molar-refractivity contribution in [3.63, 3.8) is 0 Å². The van der Waals surface area contributed by atoms with Crippen molar-refractivity contribution < 1.29 is 4.74 Å². The van der Waals surface area contributed by atoms with Crippen LogP contribution in [0.1, 0.15) is 63.4 Å². The largest absolute Gasteiger partial charge is 0.472 e. The van der Waals surface area contributed by atoms with Gasteiger partial charge in [0.05, 0.1) is 10.6 Å². The second kappa shape index (κ2) is 11.3. The van der Waals surface area contributed by atoms with E-state index in [1.807, 2.05) is 24.3 Å². The van der Waals surface area contributed by atoms with E-state index in [-0.39, 0.29) is 6.10 Å². The monoisotopic (exact) mass is 534 g/mol. The smallest absolute Gasteiger partial charge is 0.233 e. The van der Waals surface area contributed by atoms with Crippen LogP contribution in [-0.2, 0) is 0 Å². The second-order valence-electron chi connectivity index (χ2n) is 12.0. The van der Waals surface area contributed by atoms with Crippen molar-refractivity contribution in [2.75, 3.05) is 55.6 Å². The molecule has 4 aliphatic rings. The van der Waals surface area contributed by atoms with E-state index >= 15 is 0 Å². The molecule has 7 nitrogen and oxygen atoms in total. The quantitative estimate of drug-likeness (QED) is 0.482. The average molecular weight is 535 g/mol. The Balaban J connectivity index is 0.976. The van der Waals surface area contributed by atoms with Gasteiger partial charge in [0.1, 0.15) is 12.2 Å². The highest BCUT2D eigenvalue weighted by Crippen LogP contribution is 2.43. The predicted molar refractivity (Wildman–Crippen MR) is 151 cm³/mol. The lowest BCUT2D eigenvalue weighted by Crippen LogP contribution is -2.42. The third-order valence-corrected chi connectivity index (χ3v) is 9.72. The summed E-state index contributed by atoms with van der Waals surface area (Å²) in [6, 6.07) is 12.0. The molecule has 4 heterocycles. The van der Waals surface area contributed by atoms with Gasteiger partial charge in [-0.3, -0.25) is 4.90 Å². The zero-order chi connectivity index (χ0) is 26.0. The van der Waals surface area contributed by atoms with Gasteiger partial charge >= 0.3 is 0 Å². The number of hydrogen-bond donors (Lipinski definition) is 0. The molecule has 1 aromatic heterocycles. The lowest BCUT2D eigenvalue weighted by atomic mass is 9.78. The van der Waals surface area contributed by atoms with Gasteiger partial charge in [-0.2, -0.15) is 5.26 Å². The van der Waals surface area contributed by atoms with Gasteiger partial charge in [-0.05, 0) is 74.1 Å². The minimum atomic E-state index is 0.227. The molecule has 38 heavy (non-hydrogen) atoms. The van der Waals surface area contributed by atoms with Crippen LogP contribution in [-0.4, -0.2) is 67.0 Å². The number of nitrogens with zero attached hydrogens (tertiary/aromatic N) is 6. The molecule has 8 heteroatoms. The highest BCUT2D eigenvalue weighted by Gasteiger charge is 2.41. The average Bonchev–Trinajstić information content (AvgIpc) is 3.57. The normalized spacial score (nSPS) is 24.2. The summed E-state index contributed by atoms with van der Waals surface area (Å²) in [5.74, 6) is 2.48. The first-order valence-corrected chi connectivity index (χ1v) is 14.9. The van der Waals surface area contributed by atoms with Gasteiger partial charge in [0.2, 0.25) is 5.88 Å². The molecule has 6 rings (SSSR count). The van der Waals surface area contributed by atoms with Gasteiger partial charge in [0.15, 0.2) is 5.82 Å². The van der Waals surface area contributed by atoms with Crippen LogP contribution in [0.15, 0.2) is 30.3 Å². The molecule has 3 saturated heterocycles. The molecule has 0 bridgehead atoms. The van der Waals surface area contributed by atoms with Crippen LogP contribution >= 0.6 is 11.6 Å². The summed E-state index contributed by atoms with van der Waals surface area (Å²) in [5.41, 5.74) is 1.99. The minimum Gasteiger partial charge on any atom is -0.472 e. The Hall–Kier alpha value is -2.56. The molecule has 1 spiro atoms. The van der Waals surface area contributed by atoms with E-state index in [2.05, 4.69) is 37.0 Å². The van der Waals surface area contributed by atoms with Crippen molar-refractivity contribution in [2.45, 2.75) is 63.9 Å². The molecule has 1 unspecified atom stereocenters. The standard InChI is InChI=1S/C30H39ClN6O/c31-27-18-25(7-6-24(27)19-32)37-17-13-30(22-37)11-15-36(16-12-30)28-8-9-29(34-33-28)38-26-10-14-35(21-26)20-23-4-2-1-3-5-23/h6-9,18,23,26H,1-5,10-17,20-22H2. The van der Waals surface area contributed by atoms with Gasteiger partial charge in [0.25, 0.3) is 0 Å². The second-order valence-corrected chi connectivity index (χ2v) is 12.4. The Morgan fingerprint density at radius 1 is 0.947 bits per heavy atom. The van der Waals surface area contributed by atoms with E-state index in [4.69, 9.17) is 21.6 Å². The first-order valence-electron chi connectivity index (χ1n) is 14.5. The number of hydrogen-bond acceptors (Lipinski definition) is 7. The van der Waals surface area contributed by atoms with E-state index in [9.17, 15) is 0 Å². The number of piperidine rings is 1. The lowest BCUT2D eigenvalue weighted by molar-refractivity contribution is 0.175. The molecule has 3 aliphatic heterocycles. The minimum absolute atomic E-state index is 0.227. The fourth-order valence-electron chi connectivity index (χ4n) is 7.07. The summed E-state index contributed by atoms with van der Waals surface area (Å²) in [6.07, 6.45) is 11.8. The number of aromatic nitrogens is 2. The van der Waals surface area contributed by atoms with Crippen LogP contribution in [0.2, 0.25) is 5.02 Å². The Bertz CT molecular complexity index is 1140. The number of rotatable bonds is 6. The van der Waals surface area contributed by atoms with Crippen LogP contribution in [0.5, 0.6) is 5.88 Å². The summed E-state index contributed by atoms with van der Waals surface area (Å²) in [4.78, 5) is 7.38. The molecule has 1 atom stereocenters. The van der Waals surface area contributed by atoms with Gasteiger partial charge in [0, 0.05) is 57.6 Å². The summed E-state index contributed by atoms with van der Waals surface area (Å²) >= 11 is 6.29. The lowest BCUT2D eigenvalue weighted by Gasteiger charge is -2.39. The molecule has 2 aromatic rings. The highest BCUT2D eigenvalue weighted by atomic mass is 35.5. The summed E-state index contributed by atoms with van der Waals surface area (Å²) < 4.78 is 6.22. The van der Waals surface area contributed by atoms with Gasteiger partial charge < -0.3 is 14.5 Å². The first-order chi connectivity index (χ1) is 18.6. The molecule has 1 saturated carbocycles. The van der Waals surface area contributed by atoms with Crippen molar-refractivity contribution >= 4 is 23.1 Å².